The monoisotopic (exact) mass is 282 g/mol. The molecule has 1 aromatic heterocycles. The van der Waals surface area contributed by atoms with Crippen LogP contribution in [0.3, 0.4) is 0 Å². The molecule has 0 bridgehead atoms. The number of aryl methyl sites for hydroxylation is 1. The zero-order valence-electron chi connectivity index (χ0n) is 12.7. The smallest absolute Gasteiger partial charge is 0.285 e. The summed E-state index contributed by atoms with van der Waals surface area (Å²) in [5.41, 5.74) is 3.21. The molecule has 0 amide bonds. The van der Waals surface area contributed by atoms with Crippen LogP contribution in [0.2, 0.25) is 0 Å². The number of hydrogen-bond acceptors (Lipinski definition) is 4. The molecular formula is C16H18N4O. The number of para-hydroxylation sites is 1. The normalized spacial score (nSPS) is 10.2. The van der Waals surface area contributed by atoms with Crippen LogP contribution in [0.5, 0.6) is 0 Å². The minimum atomic E-state index is -0.339. The molecule has 5 nitrogen and oxygen atoms in total. The Morgan fingerprint density at radius 2 is 1.95 bits per heavy atom. The molecule has 1 aromatic carbocycles. The van der Waals surface area contributed by atoms with Crippen molar-refractivity contribution >= 4 is 5.69 Å². The van der Waals surface area contributed by atoms with Gasteiger partial charge >= 0.3 is 0 Å². The zero-order chi connectivity index (χ0) is 15.6. The van der Waals surface area contributed by atoms with Crippen molar-refractivity contribution in [2.75, 3.05) is 19.0 Å². The van der Waals surface area contributed by atoms with Gasteiger partial charge in [0.15, 0.2) is 0 Å². The Labute approximate surface area is 124 Å². The van der Waals surface area contributed by atoms with Gasteiger partial charge < -0.3 is 4.90 Å². The van der Waals surface area contributed by atoms with Crippen molar-refractivity contribution in [1.82, 2.24) is 9.78 Å². The Bertz CT molecular complexity index is 769. The van der Waals surface area contributed by atoms with Gasteiger partial charge in [0.25, 0.3) is 5.56 Å². The predicted octanol–water partition coefficient (Wildman–Crippen LogP) is 1.85. The van der Waals surface area contributed by atoms with E-state index in [1.54, 1.807) is 6.92 Å². The van der Waals surface area contributed by atoms with Crippen molar-refractivity contribution in [2.45, 2.75) is 20.4 Å². The van der Waals surface area contributed by atoms with Crippen LogP contribution in [0.25, 0.3) is 0 Å². The number of hydrogen-bond donors (Lipinski definition) is 0. The maximum atomic E-state index is 12.3. The van der Waals surface area contributed by atoms with Gasteiger partial charge in [-0.25, -0.2) is 4.68 Å². The lowest BCUT2D eigenvalue weighted by atomic mass is 10.1. The van der Waals surface area contributed by atoms with Crippen molar-refractivity contribution in [3.63, 3.8) is 0 Å². The van der Waals surface area contributed by atoms with Crippen LogP contribution in [0.1, 0.15) is 22.4 Å². The Morgan fingerprint density at radius 3 is 2.57 bits per heavy atom. The van der Waals surface area contributed by atoms with Gasteiger partial charge in [0.1, 0.15) is 11.6 Å². The molecule has 0 unspecified atom stereocenters. The molecule has 0 fully saturated rings. The van der Waals surface area contributed by atoms with Gasteiger partial charge in [0, 0.05) is 19.8 Å². The summed E-state index contributed by atoms with van der Waals surface area (Å²) in [5.74, 6) is 0. The second-order valence-corrected chi connectivity index (χ2v) is 5.18. The van der Waals surface area contributed by atoms with Crippen LogP contribution in [0.4, 0.5) is 5.69 Å². The van der Waals surface area contributed by atoms with E-state index < -0.39 is 0 Å². The minimum Gasteiger partial charge on any atom is -0.377 e. The highest BCUT2D eigenvalue weighted by Crippen LogP contribution is 2.18. The fourth-order valence-electron chi connectivity index (χ4n) is 2.25. The van der Waals surface area contributed by atoms with Crippen molar-refractivity contribution < 1.29 is 0 Å². The van der Waals surface area contributed by atoms with E-state index in [1.807, 2.05) is 56.3 Å². The highest BCUT2D eigenvalue weighted by Gasteiger charge is 2.13. The molecular weight excluding hydrogens is 264 g/mol. The summed E-state index contributed by atoms with van der Waals surface area (Å²) in [6.07, 6.45) is 0. The summed E-state index contributed by atoms with van der Waals surface area (Å²) >= 11 is 0. The Hall–Kier alpha value is -2.61. The van der Waals surface area contributed by atoms with Gasteiger partial charge in [-0.1, -0.05) is 18.2 Å². The summed E-state index contributed by atoms with van der Waals surface area (Å²) in [7, 11) is 3.91. The zero-order valence-corrected chi connectivity index (χ0v) is 12.7. The van der Waals surface area contributed by atoms with Crippen LogP contribution >= 0.6 is 0 Å². The maximum absolute atomic E-state index is 12.3. The van der Waals surface area contributed by atoms with Crippen LogP contribution in [0, 0.1) is 25.2 Å². The summed E-state index contributed by atoms with van der Waals surface area (Å²) in [5, 5.41) is 13.5. The average Bonchev–Trinajstić information content (AvgIpc) is 2.46. The quantitative estimate of drug-likeness (QED) is 0.862. The van der Waals surface area contributed by atoms with Crippen LogP contribution in [-0.2, 0) is 6.54 Å². The third kappa shape index (κ3) is 2.79. The molecule has 2 aromatic rings. The molecule has 5 heteroatoms. The van der Waals surface area contributed by atoms with E-state index in [0.717, 1.165) is 11.3 Å². The largest absolute Gasteiger partial charge is 0.377 e. The molecule has 0 aliphatic rings. The molecule has 21 heavy (non-hydrogen) atoms. The van der Waals surface area contributed by atoms with Gasteiger partial charge in [0.2, 0.25) is 0 Å². The molecule has 0 spiro atoms. The second kappa shape index (κ2) is 5.80. The van der Waals surface area contributed by atoms with E-state index in [9.17, 15) is 4.79 Å². The maximum Gasteiger partial charge on any atom is 0.285 e. The van der Waals surface area contributed by atoms with E-state index in [2.05, 4.69) is 5.10 Å². The molecule has 0 N–H and O–H groups in total. The summed E-state index contributed by atoms with van der Waals surface area (Å²) in [6, 6.07) is 9.82. The first-order valence-corrected chi connectivity index (χ1v) is 6.69. The van der Waals surface area contributed by atoms with Gasteiger partial charge in [0.05, 0.1) is 12.2 Å². The van der Waals surface area contributed by atoms with Crippen molar-refractivity contribution in [3.8, 4) is 6.07 Å². The lowest BCUT2D eigenvalue weighted by Gasteiger charge is -2.18. The Morgan fingerprint density at radius 1 is 1.29 bits per heavy atom. The lowest BCUT2D eigenvalue weighted by Crippen LogP contribution is -2.28. The fraction of sp³-hybridized carbons (Fsp3) is 0.312. The first kappa shape index (κ1) is 14.8. The number of benzene rings is 1. The summed E-state index contributed by atoms with van der Waals surface area (Å²) in [6.45, 7) is 3.91. The van der Waals surface area contributed by atoms with Crippen LogP contribution in [-0.4, -0.2) is 23.9 Å². The molecule has 108 valence electrons. The van der Waals surface area contributed by atoms with Gasteiger partial charge in [-0.3, -0.25) is 4.79 Å². The number of nitriles is 1. The molecule has 0 aliphatic carbocycles. The lowest BCUT2D eigenvalue weighted by molar-refractivity contribution is 0.622. The van der Waals surface area contributed by atoms with E-state index >= 15 is 0 Å². The number of aromatic nitrogens is 2. The first-order valence-electron chi connectivity index (χ1n) is 6.69. The Kier molecular flexibility index (Phi) is 4.08. The van der Waals surface area contributed by atoms with Gasteiger partial charge in [-0.15, -0.1) is 0 Å². The second-order valence-electron chi connectivity index (χ2n) is 5.18. The molecule has 2 rings (SSSR count). The van der Waals surface area contributed by atoms with Crippen molar-refractivity contribution in [1.29, 1.82) is 5.26 Å². The van der Waals surface area contributed by atoms with Gasteiger partial charge in [-0.05, 0) is 31.0 Å². The number of anilines is 1. The van der Waals surface area contributed by atoms with Crippen LogP contribution < -0.4 is 10.5 Å². The standard InChI is InChI=1S/C16H18N4O/c1-11-12(2)18-20(16(21)14(11)9-17)10-13-7-5-6-8-15(13)19(3)4/h5-8H,10H2,1-4H3. The molecule has 1 heterocycles. The fourth-order valence-corrected chi connectivity index (χ4v) is 2.25. The van der Waals surface area contributed by atoms with Crippen molar-refractivity contribution in [3.05, 3.63) is 57.0 Å². The molecule has 0 saturated carbocycles. The molecule has 0 saturated heterocycles. The molecule has 0 aliphatic heterocycles. The Balaban J connectivity index is 2.54. The van der Waals surface area contributed by atoms with Crippen molar-refractivity contribution in [2.24, 2.45) is 0 Å². The topological polar surface area (TPSA) is 61.9 Å². The highest BCUT2D eigenvalue weighted by molar-refractivity contribution is 5.52. The predicted molar refractivity (Wildman–Crippen MR) is 82.6 cm³/mol. The van der Waals surface area contributed by atoms with E-state index in [4.69, 9.17) is 5.26 Å². The SMILES string of the molecule is Cc1nn(Cc2ccccc2N(C)C)c(=O)c(C#N)c1C. The number of rotatable bonds is 3. The van der Waals surface area contributed by atoms with E-state index in [0.29, 0.717) is 17.8 Å². The first-order chi connectivity index (χ1) is 9.95. The third-order valence-corrected chi connectivity index (χ3v) is 3.54. The number of nitrogens with zero attached hydrogens (tertiary/aromatic N) is 4. The minimum absolute atomic E-state index is 0.171. The third-order valence-electron chi connectivity index (χ3n) is 3.54. The molecule has 0 radical (unpaired) electrons. The van der Waals surface area contributed by atoms with Crippen LogP contribution in [0.15, 0.2) is 29.1 Å². The van der Waals surface area contributed by atoms with E-state index in [1.165, 1.54) is 4.68 Å². The highest BCUT2D eigenvalue weighted by atomic mass is 16.1. The summed E-state index contributed by atoms with van der Waals surface area (Å²) in [4.78, 5) is 14.3. The van der Waals surface area contributed by atoms with Gasteiger partial charge in [-0.2, -0.15) is 10.4 Å². The molecule has 0 atom stereocenters. The van der Waals surface area contributed by atoms with E-state index in [-0.39, 0.29) is 11.1 Å². The summed E-state index contributed by atoms with van der Waals surface area (Å²) < 4.78 is 1.36. The average molecular weight is 282 g/mol.